The van der Waals surface area contributed by atoms with E-state index in [1.54, 1.807) is 0 Å². The first-order valence-corrected chi connectivity index (χ1v) is 7.24. The maximum atomic E-state index is 11.3. The Hall–Kier alpha value is -1.00. The molecule has 0 aliphatic carbocycles. The second-order valence-corrected chi connectivity index (χ2v) is 6.07. The summed E-state index contributed by atoms with van der Waals surface area (Å²) in [6, 6.07) is 9.53. The van der Waals surface area contributed by atoms with Gasteiger partial charge in [-0.2, -0.15) is 0 Å². The fourth-order valence-electron chi connectivity index (χ4n) is 1.32. The Balaban J connectivity index is 2.28. The summed E-state index contributed by atoms with van der Waals surface area (Å²) in [5.41, 5.74) is 1.04. The third-order valence-corrected chi connectivity index (χ3v) is 3.43. The van der Waals surface area contributed by atoms with E-state index in [1.807, 2.05) is 30.3 Å². The second kappa shape index (κ2) is 6.67. The van der Waals surface area contributed by atoms with Gasteiger partial charge >= 0.3 is 0 Å². The van der Waals surface area contributed by atoms with E-state index in [0.717, 1.165) is 5.56 Å². The highest BCUT2D eigenvalue weighted by atomic mass is 31.2. The maximum absolute atomic E-state index is 11.3. The van der Waals surface area contributed by atoms with Crippen LogP contribution in [0, 0.1) is 0 Å². The predicted molar refractivity (Wildman–Crippen MR) is 64.9 cm³/mol. The minimum absolute atomic E-state index is 0.0272. The SMILES string of the molecule is O=C(CNCc1ccccc1)CP(=O)(O)CO. The molecular weight excluding hydrogens is 241 g/mol. The first kappa shape index (κ1) is 14.1. The van der Waals surface area contributed by atoms with Crippen molar-refractivity contribution in [1.82, 2.24) is 5.32 Å². The first-order valence-electron chi connectivity index (χ1n) is 5.21. The van der Waals surface area contributed by atoms with E-state index in [9.17, 15) is 9.36 Å². The van der Waals surface area contributed by atoms with E-state index < -0.39 is 19.9 Å². The van der Waals surface area contributed by atoms with Crippen molar-refractivity contribution in [2.24, 2.45) is 0 Å². The number of ketones is 1. The minimum Gasteiger partial charge on any atom is -0.386 e. The van der Waals surface area contributed by atoms with Crippen LogP contribution in [0.3, 0.4) is 0 Å². The maximum Gasteiger partial charge on any atom is 0.232 e. The average Bonchev–Trinajstić information content (AvgIpc) is 2.30. The molecule has 0 aromatic heterocycles. The number of hydrogen-bond acceptors (Lipinski definition) is 4. The van der Waals surface area contributed by atoms with Gasteiger partial charge in [-0.3, -0.25) is 9.36 Å². The number of carbonyl (C=O) groups excluding carboxylic acids is 1. The zero-order chi connectivity index (χ0) is 12.7. The zero-order valence-corrected chi connectivity index (χ0v) is 10.3. The standard InChI is InChI=1S/C11H16NO4P/c13-9-17(15,16)8-11(14)7-12-6-10-4-2-1-3-5-10/h1-5,12-13H,6-9H2,(H,15,16). The summed E-state index contributed by atoms with van der Waals surface area (Å²) in [5, 5.41) is 11.4. The van der Waals surface area contributed by atoms with Crippen LogP contribution in [0.1, 0.15) is 5.56 Å². The summed E-state index contributed by atoms with van der Waals surface area (Å²) in [5.74, 6) is -0.374. The lowest BCUT2D eigenvalue weighted by molar-refractivity contribution is -0.116. The lowest BCUT2D eigenvalue weighted by Gasteiger charge is -2.08. The van der Waals surface area contributed by atoms with Crippen LogP contribution in [0.4, 0.5) is 0 Å². The van der Waals surface area contributed by atoms with Crippen molar-refractivity contribution in [2.45, 2.75) is 6.54 Å². The Labute approximate surface area is 99.9 Å². The van der Waals surface area contributed by atoms with Crippen molar-refractivity contribution in [3.63, 3.8) is 0 Å². The summed E-state index contributed by atoms with van der Waals surface area (Å²) in [6.07, 6.45) is -1.33. The van der Waals surface area contributed by atoms with Gasteiger partial charge in [-0.1, -0.05) is 30.3 Å². The number of nitrogens with one attached hydrogen (secondary N) is 1. The number of aliphatic hydroxyl groups excluding tert-OH is 1. The van der Waals surface area contributed by atoms with Gasteiger partial charge in [0.1, 0.15) is 6.35 Å². The third kappa shape index (κ3) is 5.75. The molecular formula is C11H16NO4P. The molecule has 3 N–H and O–H groups in total. The topological polar surface area (TPSA) is 86.6 Å². The quantitative estimate of drug-likeness (QED) is 0.621. The third-order valence-electron chi connectivity index (χ3n) is 2.14. The van der Waals surface area contributed by atoms with Crippen LogP contribution in [-0.4, -0.2) is 34.8 Å². The van der Waals surface area contributed by atoms with E-state index in [0.29, 0.717) is 6.54 Å². The van der Waals surface area contributed by atoms with Crippen LogP contribution in [0.2, 0.25) is 0 Å². The molecule has 1 aromatic rings. The molecule has 1 unspecified atom stereocenters. The number of carbonyl (C=O) groups is 1. The molecule has 1 aromatic carbocycles. The molecule has 1 atom stereocenters. The molecule has 0 amide bonds. The number of Topliss-reactive ketones (excluding diaryl/α,β-unsaturated/α-hetero) is 1. The van der Waals surface area contributed by atoms with Gasteiger partial charge in [0.15, 0.2) is 5.78 Å². The van der Waals surface area contributed by atoms with E-state index in [4.69, 9.17) is 10.00 Å². The molecule has 0 bridgehead atoms. The Morgan fingerprint density at radius 1 is 1.29 bits per heavy atom. The lowest BCUT2D eigenvalue weighted by atomic mass is 10.2. The largest absolute Gasteiger partial charge is 0.386 e. The van der Waals surface area contributed by atoms with Gasteiger partial charge in [0.05, 0.1) is 12.7 Å². The molecule has 17 heavy (non-hydrogen) atoms. The molecule has 94 valence electrons. The minimum atomic E-state index is -3.68. The van der Waals surface area contributed by atoms with Crippen LogP contribution in [0.5, 0.6) is 0 Å². The van der Waals surface area contributed by atoms with Gasteiger partial charge in [0, 0.05) is 6.54 Å². The van der Waals surface area contributed by atoms with E-state index in [2.05, 4.69) is 5.32 Å². The molecule has 5 nitrogen and oxygen atoms in total. The van der Waals surface area contributed by atoms with E-state index >= 15 is 0 Å². The number of aliphatic hydroxyl groups is 1. The van der Waals surface area contributed by atoms with Gasteiger partial charge in [-0.25, -0.2) is 0 Å². The summed E-state index contributed by atoms with van der Waals surface area (Å²) in [4.78, 5) is 20.4. The van der Waals surface area contributed by atoms with Gasteiger partial charge in [0.2, 0.25) is 7.37 Å². The monoisotopic (exact) mass is 257 g/mol. The molecule has 0 heterocycles. The summed E-state index contributed by atoms with van der Waals surface area (Å²) in [7, 11) is -3.68. The summed E-state index contributed by atoms with van der Waals surface area (Å²) < 4.78 is 11.1. The average molecular weight is 257 g/mol. The first-order chi connectivity index (χ1) is 8.03. The smallest absolute Gasteiger partial charge is 0.232 e. The van der Waals surface area contributed by atoms with E-state index in [-0.39, 0.29) is 12.3 Å². The molecule has 0 aliphatic rings. The van der Waals surface area contributed by atoms with Gasteiger partial charge in [0.25, 0.3) is 0 Å². The van der Waals surface area contributed by atoms with Crippen molar-refractivity contribution < 1.29 is 19.4 Å². The van der Waals surface area contributed by atoms with Crippen LogP contribution in [0.25, 0.3) is 0 Å². The highest BCUT2D eigenvalue weighted by molar-refractivity contribution is 7.58. The molecule has 6 heteroatoms. The fourth-order valence-corrected chi connectivity index (χ4v) is 2.09. The molecule has 0 fully saturated rings. The van der Waals surface area contributed by atoms with Crippen molar-refractivity contribution in [1.29, 1.82) is 0 Å². The van der Waals surface area contributed by atoms with Crippen LogP contribution >= 0.6 is 7.37 Å². The van der Waals surface area contributed by atoms with Crippen LogP contribution < -0.4 is 5.32 Å². The molecule has 0 spiro atoms. The summed E-state index contributed by atoms with van der Waals surface area (Å²) in [6.45, 7) is 0.556. The predicted octanol–water partition coefficient (Wildman–Crippen LogP) is 0.565. The van der Waals surface area contributed by atoms with Gasteiger partial charge in [-0.15, -0.1) is 0 Å². The van der Waals surface area contributed by atoms with Gasteiger partial charge < -0.3 is 15.3 Å². The normalized spacial score (nSPS) is 14.2. The Kier molecular flexibility index (Phi) is 5.51. The van der Waals surface area contributed by atoms with Crippen molar-refractivity contribution in [3.8, 4) is 0 Å². The Bertz CT molecular complexity index is 407. The summed E-state index contributed by atoms with van der Waals surface area (Å²) >= 11 is 0. The van der Waals surface area contributed by atoms with Crippen molar-refractivity contribution >= 4 is 13.2 Å². The Morgan fingerprint density at radius 2 is 1.94 bits per heavy atom. The highest BCUT2D eigenvalue weighted by Gasteiger charge is 2.20. The number of rotatable bonds is 7. The van der Waals surface area contributed by atoms with Crippen molar-refractivity contribution in [3.05, 3.63) is 35.9 Å². The molecule has 0 saturated carbocycles. The highest BCUT2D eigenvalue weighted by Crippen LogP contribution is 2.38. The van der Waals surface area contributed by atoms with Gasteiger partial charge in [-0.05, 0) is 5.56 Å². The number of hydrogen-bond donors (Lipinski definition) is 3. The lowest BCUT2D eigenvalue weighted by Crippen LogP contribution is -2.25. The van der Waals surface area contributed by atoms with Crippen molar-refractivity contribution in [2.75, 3.05) is 19.1 Å². The fraction of sp³-hybridized carbons (Fsp3) is 0.364. The molecule has 1 rings (SSSR count). The number of benzene rings is 1. The molecule has 0 radical (unpaired) electrons. The van der Waals surface area contributed by atoms with Crippen LogP contribution in [0.15, 0.2) is 30.3 Å². The second-order valence-electron chi connectivity index (χ2n) is 3.77. The van der Waals surface area contributed by atoms with Crippen LogP contribution in [-0.2, 0) is 15.9 Å². The molecule has 0 saturated heterocycles. The van der Waals surface area contributed by atoms with E-state index in [1.165, 1.54) is 0 Å². The Morgan fingerprint density at radius 3 is 2.53 bits per heavy atom. The molecule has 0 aliphatic heterocycles. The zero-order valence-electron chi connectivity index (χ0n) is 9.37.